The molecule has 0 saturated heterocycles. The van der Waals surface area contributed by atoms with Crippen molar-refractivity contribution >= 4 is 24.0 Å². The van der Waals surface area contributed by atoms with Crippen molar-refractivity contribution in [2.45, 2.75) is 26.3 Å². The molecule has 0 aliphatic carbocycles. The third kappa shape index (κ3) is 5.39. The van der Waals surface area contributed by atoms with Gasteiger partial charge in [-0.15, -0.1) is 12.4 Å². The Labute approximate surface area is 130 Å². The lowest BCUT2D eigenvalue weighted by molar-refractivity contribution is -0.121. The van der Waals surface area contributed by atoms with Crippen molar-refractivity contribution < 1.29 is 4.79 Å². The monoisotopic (exact) mass is 306 g/mol. The van der Waals surface area contributed by atoms with Gasteiger partial charge >= 0.3 is 0 Å². The highest BCUT2D eigenvalue weighted by Gasteiger charge is 2.05. The molecule has 0 radical (unpaired) electrons. The van der Waals surface area contributed by atoms with E-state index in [0.29, 0.717) is 25.2 Å². The van der Waals surface area contributed by atoms with E-state index >= 15 is 0 Å². The van der Waals surface area contributed by atoms with Gasteiger partial charge in [0.2, 0.25) is 5.91 Å². The maximum Gasteiger partial charge on any atom is 0.220 e. The highest BCUT2D eigenvalue weighted by Crippen LogP contribution is 2.12. The SMILES string of the molecule is Cc1nccc(CNC(=O)CCc2ccccc2N)n1.Cl. The van der Waals surface area contributed by atoms with Crippen LogP contribution in [-0.2, 0) is 17.8 Å². The van der Waals surface area contributed by atoms with Crippen LogP contribution in [0.25, 0.3) is 0 Å². The minimum absolute atomic E-state index is 0. The molecule has 6 heteroatoms. The predicted octanol–water partition coefficient (Wildman–Crippen LogP) is 2.04. The summed E-state index contributed by atoms with van der Waals surface area (Å²) in [4.78, 5) is 20.0. The molecule has 2 aromatic rings. The Morgan fingerprint density at radius 3 is 2.76 bits per heavy atom. The van der Waals surface area contributed by atoms with Crippen LogP contribution in [0.4, 0.5) is 5.69 Å². The molecule has 0 bridgehead atoms. The minimum Gasteiger partial charge on any atom is -0.399 e. The van der Waals surface area contributed by atoms with Crippen LogP contribution in [-0.4, -0.2) is 15.9 Å². The zero-order valence-electron chi connectivity index (χ0n) is 11.9. The number of nitrogen functional groups attached to an aromatic ring is 1. The van der Waals surface area contributed by atoms with Gasteiger partial charge < -0.3 is 11.1 Å². The number of hydrogen-bond acceptors (Lipinski definition) is 4. The first kappa shape index (κ1) is 16.9. The Bertz CT molecular complexity index is 604. The van der Waals surface area contributed by atoms with Crippen molar-refractivity contribution in [2.24, 2.45) is 0 Å². The number of nitrogens with one attached hydrogen (secondary N) is 1. The number of amides is 1. The maximum absolute atomic E-state index is 11.8. The number of para-hydroxylation sites is 1. The van der Waals surface area contributed by atoms with Gasteiger partial charge in [0.15, 0.2) is 0 Å². The average molecular weight is 307 g/mol. The number of carbonyl (C=O) groups excluding carboxylic acids is 1. The van der Waals surface area contributed by atoms with Crippen molar-refractivity contribution in [3.8, 4) is 0 Å². The Hall–Kier alpha value is -2.14. The van der Waals surface area contributed by atoms with Crippen LogP contribution < -0.4 is 11.1 Å². The number of benzene rings is 1. The molecule has 2 rings (SSSR count). The van der Waals surface area contributed by atoms with Crippen molar-refractivity contribution in [2.75, 3.05) is 5.73 Å². The lowest BCUT2D eigenvalue weighted by Crippen LogP contribution is -2.23. The Morgan fingerprint density at radius 2 is 2.05 bits per heavy atom. The van der Waals surface area contributed by atoms with Crippen LogP contribution in [0.5, 0.6) is 0 Å². The van der Waals surface area contributed by atoms with E-state index in [1.807, 2.05) is 31.2 Å². The minimum atomic E-state index is -0.00971. The molecule has 0 unspecified atom stereocenters. The number of rotatable bonds is 5. The van der Waals surface area contributed by atoms with Gasteiger partial charge in [-0.05, 0) is 31.0 Å². The van der Waals surface area contributed by atoms with Gasteiger partial charge in [0.1, 0.15) is 5.82 Å². The summed E-state index contributed by atoms with van der Waals surface area (Å²) >= 11 is 0. The molecular formula is C15H19ClN4O. The Balaban J connectivity index is 0.00000220. The molecule has 0 atom stereocenters. The van der Waals surface area contributed by atoms with Crippen LogP contribution in [0.15, 0.2) is 36.5 Å². The fourth-order valence-electron chi connectivity index (χ4n) is 1.89. The molecule has 0 spiro atoms. The van der Waals surface area contributed by atoms with Crippen LogP contribution in [0.1, 0.15) is 23.5 Å². The summed E-state index contributed by atoms with van der Waals surface area (Å²) < 4.78 is 0. The van der Waals surface area contributed by atoms with Crippen LogP contribution in [0, 0.1) is 6.92 Å². The van der Waals surface area contributed by atoms with Gasteiger partial charge in [-0.25, -0.2) is 9.97 Å². The second-order valence-electron chi connectivity index (χ2n) is 4.57. The summed E-state index contributed by atoms with van der Waals surface area (Å²) in [7, 11) is 0. The van der Waals surface area contributed by atoms with Gasteiger partial charge in [-0.2, -0.15) is 0 Å². The second-order valence-corrected chi connectivity index (χ2v) is 4.57. The molecule has 0 aliphatic rings. The van der Waals surface area contributed by atoms with Crippen molar-refractivity contribution in [3.63, 3.8) is 0 Å². The third-order valence-electron chi connectivity index (χ3n) is 2.98. The highest BCUT2D eigenvalue weighted by atomic mass is 35.5. The molecule has 1 aromatic carbocycles. The molecule has 0 fully saturated rings. The first-order valence-corrected chi connectivity index (χ1v) is 6.54. The highest BCUT2D eigenvalue weighted by molar-refractivity contribution is 5.85. The van der Waals surface area contributed by atoms with Gasteiger partial charge in [0.05, 0.1) is 12.2 Å². The normalized spacial score (nSPS) is 9.76. The zero-order valence-corrected chi connectivity index (χ0v) is 12.7. The molecule has 1 heterocycles. The number of anilines is 1. The van der Waals surface area contributed by atoms with Crippen LogP contribution in [0.3, 0.4) is 0 Å². The van der Waals surface area contributed by atoms with E-state index in [0.717, 1.165) is 16.9 Å². The predicted molar refractivity (Wildman–Crippen MR) is 85.0 cm³/mol. The maximum atomic E-state index is 11.8. The lowest BCUT2D eigenvalue weighted by Gasteiger charge is -2.07. The summed E-state index contributed by atoms with van der Waals surface area (Å²) in [6.07, 6.45) is 2.74. The zero-order chi connectivity index (χ0) is 14.4. The van der Waals surface area contributed by atoms with Crippen molar-refractivity contribution in [1.29, 1.82) is 0 Å². The number of halogens is 1. The van der Waals surface area contributed by atoms with Gasteiger partial charge in [0, 0.05) is 18.3 Å². The number of aromatic nitrogens is 2. The molecule has 0 saturated carbocycles. The molecule has 21 heavy (non-hydrogen) atoms. The Morgan fingerprint density at radius 1 is 1.29 bits per heavy atom. The van der Waals surface area contributed by atoms with E-state index < -0.39 is 0 Å². The lowest BCUT2D eigenvalue weighted by atomic mass is 10.1. The molecule has 1 amide bonds. The number of carbonyl (C=O) groups is 1. The van der Waals surface area contributed by atoms with Crippen molar-refractivity contribution in [3.05, 3.63) is 53.6 Å². The average Bonchev–Trinajstić information content (AvgIpc) is 2.44. The third-order valence-corrected chi connectivity index (χ3v) is 2.98. The Kier molecular flexibility index (Phi) is 6.62. The van der Waals surface area contributed by atoms with Gasteiger partial charge in [-0.1, -0.05) is 18.2 Å². The second kappa shape index (κ2) is 8.21. The largest absolute Gasteiger partial charge is 0.399 e. The van der Waals surface area contributed by atoms with E-state index in [9.17, 15) is 4.79 Å². The molecule has 5 nitrogen and oxygen atoms in total. The summed E-state index contributed by atoms with van der Waals surface area (Å²) in [5, 5.41) is 2.85. The topological polar surface area (TPSA) is 80.9 Å². The fourth-order valence-corrected chi connectivity index (χ4v) is 1.89. The number of aryl methyl sites for hydroxylation is 2. The standard InChI is InChI=1S/C15H18N4O.ClH/c1-11-17-9-8-13(19-11)10-18-15(20)7-6-12-4-2-3-5-14(12)16;/h2-5,8-9H,6-7,10,16H2,1H3,(H,18,20);1H. The van der Waals surface area contributed by atoms with Gasteiger partial charge in [0.25, 0.3) is 0 Å². The number of hydrogen-bond donors (Lipinski definition) is 2. The van der Waals surface area contributed by atoms with E-state index in [1.165, 1.54) is 0 Å². The van der Waals surface area contributed by atoms with Crippen LogP contribution >= 0.6 is 12.4 Å². The van der Waals surface area contributed by atoms with Crippen LogP contribution in [0.2, 0.25) is 0 Å². The first-order chi connectivity index (χ1) is 9.65. The summed E-state index contributed by atoms with van der Waals surface area (Å²) in [6.45, 7) is 2.25. The summed E-state index contributed by atoms with van der Waals surface area (Å²) in [5.74, 6) is 0.693. The van der Waals surface area contributed by atoms with E-state index in [1.54, 1.807) is 12.3 Å². The van der Waals surface area contributed by atoms with Gasteiger partial charge in [-0.3, -0.25) is 4.79 Å². The molecular weight excluding hydrogens is 288 g/mol. The van der Waals surface area contributed by atoms with E-state index in [2.05, 4.69) is 15.3 Å². The first-order valence-electron chi connectivity index (χ1n) is 6.54. The smallest absolute Gasteiger partial charge is 0.220 e. The fraction of sp³-hybridized carbons (Fsp3) is 0.267. The molecule has 112 valence electrons. The summed E-state index contributed by atoms with van der Waals surface area (Å²) in [5.41, 5.74) is 8.38. The quantitative estimate of drug-likeness (QED) is 0.828. The molecule has 0 aliphatic heterocycles. The van der Waals surface area contributed by atoms with E-state index in [4.69, 9.17) is 5.73 Å². The number of nitrogens with zero attached hydrogens (tertiary/aromatic N) is 2. The molecule has 3 N–H and O–H groups in total. The van der Waals surface area contributed by atoms with Crippen molar-refractivity contribution in [1.82, 2.24) is 15.3 Å². The number of nitrogens with two attached hydrogens (primary N) is 1. The summed E-state index contributed by atoms with van der Waals surface area (Å²) in [6, 6.07) is 9.39. The van der Waals surface area contributed by atoms with E-state index in [-0.39, 0.29) is 18.3 Å². The molecule has 1 aromatic heterocycles.